The SMILES string of the molecule is C=CC1=C(N(C)C(C)CN)NCCC1. The van der Waals surface area contributed by atoms with E-state index in [9.17, 15) is 0 Å². The Morgan fingerprint density at radius 2 is 2.43 bits per heavy atom. The summed E-state index contributed by atoms with van der Waals surface area (Å²) in [6.45, 7) is 7.70. The van der Waals surface area contributed by atoms with E-state index in [1.807, 2.05) is 6.08 Å². The Kier molecular flexibility index (Phi) is 4.01. The van der Waals surface area contributed by atoms with Gasteiger partial charge in [0.1, 0.15) is 5.82 Å². The lowest BCUT2D eigenvalue weighted by molar-refractivity contribution is 0.296. The molecule has 0 spiro atoms. The lowest BCUT2D eigenvalue weighted by Gasteiger charge is -2.33. The van der Waals surface area contributed by atoms with Gasteiger partial charge in [-0.2, -0.15) is 0 Å². The summed E-state index contributed by atoms with van der Waals surface area (Å²) < 4.78 is 0. The van der Waals surface area contributed by atoms with Crippen LogP contribution in [0.1, 0.15) is 19.8 Å². The standard InChI is InChI=1S/C11H21N3/c1-4-10-6-5-7-13-11(10)14(3)9(2)8-12/h4,9,13H,1,5-8,12H2,2-3H3. The maximum atomic E-state index is 5.65. The molecule has 1 aliphatic heterocycles. The highest BCUT2D eigenvalue weighted by atomic mass is 15.2. The lowest BCUT2D eigenvalue weighted by atomic mass is 10.1. The van der Waals surface area contributed by atoms with Gasteiger partial charge in [-0.05, 0) is 25.3 Å². The van der Waals surface area contributed by atoms with Crippen LogP contribution in [0.4, 0.5) is 0 Å². The molecule has 3 nitrogen and oxygen atoms in total. The molecule has 0 amide bonds. The second-order valence-electron chi connectivity index (χ2n) is 3.80. The minimum absolute atomic E-state index is 0.366. The van der Waals surface area contributed by atoms with Gasteiger partial charge in [0.25, 0.3) is 0 Å². The van der Waals surface area contributed by atoms with Crippen molar-refractivity contribution >= 4 is 0 Å². The van der Waals surface area contributed by atoms with Crippen LogP contribution in [0.15, 0.2) is 24.0 Å². The van der Waals surface area contributed by atoms with E-state index in [2.05, 4.69) is 30.8 Å². The maximum Gasteiger partial charge on any atom is 0.105 e. The molecule has 0 aromatic heterocycles. The van der Waals surface area contributed by atoms with Gasteiger partial charge < -0.3 is 16.0 Å². The maximum absolute atomic E-state index is 5.65. The topological polar surface area (TPSA) is 41.3 Å². The van der Waals surface area contributed by atoms with Gasteiger partial charge in [0.15, 0.2) is 0 Å². The molecule has 1 rings (SSSR count). The average molecular weight is 195 g/mol. The first-order chi connectivity index (χ1) is 6.70. The molecule has 1 unspecified atom stereocenters. The van der Waals surface area contributed by atoms with Gasteiger partial charge >= 0.3 is 0 Å². The Morgan fingerprint density at radius 3 is 3.00 bits per heavy atom. The van der Waals surface area contributed by atoms with Crippen LogP contribution in [0.25, 0.3) is 0 Å². The second-order valence-corrected chi connectivity index (χ2v) is 3.80. The molecule has 0 saturated carbocycles. The van der Waals surface area contributed by atoms with Crippen molar-refractivity contribution in [1.29, 1.82) is 0 Å². The summed E-state index contributed by atoms with van der Waals surface area (Å²) in [5, 5.41) is 3.41. The first kappa shape index (κ1) is 11.1. The first-order valence-electron chi connectivity index (χ1n) is 5.23. The molecule has 14 heavy (non-hydrogen) atoms. The second kappa shape index (κ2) is 5.05. The quantitative estimate of drug-likeness (QED) is 0.704. The van der Waals surface area contributed by atoms with Crippen LogP contribution in [-0.2, 0) is 0 Å². The Hall–Kier alpha value is -0.960. The van der Waals surface area contributed by atoms with Gasteiger partial charge in [0.2, 0.25) is 0 Å². The Bertz CT molecular complexity index is 233. The van der Waals surface area contributed by atoms with E-state index in [4.69, 9.17) is 5.73 Å². The van der Waals surface area contributed by atoms with Crippen molar-refractivity contribution in [3.05, 3.63) is 24.0 Å². The summed E-state index contributed by atoms with van der Waals surface area (Å²) in [6.07, 6.45) is 4.25. The summed E-state index contributed by atoms with van der Waals surface area (Å²) in [7, 11) is 2.08. The molecular formula is C11H21N3. The summed E-state index contributed by atoms with van der Waals surface area (Å²) in [5.74, 6) is 1.20. The van der Waals surface area contributed by atoms with Crippen LogP contribution < -0.4 is 11.1 Å². The first-order valence-corrected chi connectivity index (χ1v) is 5.23. The Labute approximate surface area is 86.7 Å². The average Bonchev–Trinajstić information content (AvgIpc) is 2.26. The Balaban J connectivity index is 2.81. The van der Waals surface area contributed by atoms with Gasteiger partial charge in [-0.3, -0.25) is 0 Å². The number of rotatable bonds is 4. The van der Waals surface area contributed by atoms with E-state index < -0.39 is 0 Å². The van der Waals surface area contributed by atoms with Crippen LogP contribution in [0.3, 0.4) is 0 Å². The van der Waals surface area contributed by atoms with Crippen LogP contribution in [0.2, 0.25) is 0 Å². The molecule has 0 saturated heterocycles. The van der Waals surface area contributed by atoms with Crippen LogP contribution in [-0.4, -0.2) is 31.1 Å². The molecule has 3 heteroatoms. The minimum atomic E-state index is 0.366. The van der Waals surface area contributed by atoms with E-state index in [1.165, 1.54) is 17.8 Å². The number of hydrogen-bond donors (Lipinski definition) is 2. The zero-order valence-corrected chi connectivity index (χ0v) is 9.21. The summed E-state index contributed by atoms with van der Waals surface area (Å²) in [4.78, 5) is 2.20. The zero-order valence-electron chi connectivity index (χ0n) is 9.21. The molecule has 3 N–H and O–H groups in total. The predicted molar refractivity (Wildman–Crippen MR) is 60.7 cm³/mol. The van der Waals surface area contributed by atoms with Crippen molar-refractivity contribution in [2.45, 2.75) is 25.8 Å². The van der Waals surface area contributed by atoms with Crippen molar-refractivity contribution in [2.24, 2.45) is 5.73 Å². The largest absolute Gasteiger partial charge is 0.372 e. The van der Waals surface area contributed by atoms with E-state index in [1.54, 1.807) is 0 Å². The highest BCUT2D eigenvalue weighted by molar-refractivity contribution is 5.24. The molecule has 0 aromatic rings. The fourth-order valence-electron chi connectivity index (χ4n) is 1.65. The third-order valence-corrected chi connectivity index (χ3v) is 2.82. The van der Waals surface area contributed by atoms with Crippen molar-refractivity contribution in [1.82, 2.24) is 10.2 Å². The Morgan fingerprint density at radius 1 is 1.71 bits per heavy atom. The fraction of sp³-hybridized carbons (Fsp3) is 0.636. The third-order valence-electron chi connectivity index (χ3n) is 2.82. The van der Waals surface area contributed by atoms with Gasteiger partial charge in [0, 0.05) is 26.2 Å². The molecule has 1 heterocycles. The monoisotopic (exact) mass is 195 g/mol. The fourth-order valence-corrected chi connectivity index (χ4v) is 1.65. The van der Waals surface area contributed by atoms with Crippen LogP contribution in [0.5, 0.6) is 0 Å². The summed E-state index contributed by atoms with van der Waals surface area (Å²) in [6, 6.07) is 0.366. The van der Waals surface area contributed by atoms with Gasteiger partial charge in [-0.25, -0.2) is 0 Å². The molecule has 1 aliphatic rings. The molecule has 0 bridgehead atoms. The molecule has 0 aromatic carbocycles. The molecule has 0 fully saturated rings. The highest BCUT2D eigenvalue weighted by Crippen LogP contribution is 2.18. The molecule has 1 atom stereocenters. The van der Waals surface area contributed by atoms with Gasteiger partial charge in [-0.1, -0.05) is 12.7 Å². The predicted octanol–water partition coefficient (Wildman–Crippen LogP) is 1.05. The van der Waals surface area contributed by atoms with Gasteiger partial charge in [-0.15, -0.1) is 0 Å². The van der Waals surface area contributed by atoms with Crippen LogP contribution in [0, 0.1) is 0 Å². The van der Waals surface area contributed by atoms with E-state index in [0.717, 1.165) is 13.0 Å². The highest BCUT2D eigenvalue weighted by Gasteiger charge is 2.16. The minimum Gasteiger partial charge on any atom is -0.372 e. The van der Waals surface area contributed by atoms with Gasteiger partial charge in [0.05, 0.1) is 0 Å². The zero-order chi connectivity index (χ0) is 10.6. The number of nitrogens with one attached hydrogen (secondary N) is 1. The van der Waals surface area contributed by atoms with Crippen molar-refractivity contribution in [3.63, 3.8) is 0 Å². The van der Waals surface area contributed by atoms with E-state index in [0.29, 0.717) is 12.6 Å². The number of nitrogens with zero attached hydrogens (tertiary/aromatic N) is 1. The van der Waals surface area contributed by atoms with Crippen molar-refractivity contribution in [2.75, 3.05) is 20.1 Å². The molecule has 80 valence electrons. The molecule has 0 aliphatic carbocycles. The van der Waals surface area contributed by atoms with E-state index >= 15 is 0 Å². The number of likely N-dealkylation sites (N-methyl/N-ethyl adjacent to an activating group) is 1. The molecule has 0 radical (unpaired) electrons. The van der Waals surface area contributed by atoms with Crippen LogP contribution >= 0.6 is 0 Å². The number of allylic oxidation sites excluding steroid dienone is 2. The lowest BCUT2D eigenvalue weighted by Crippen LogP contribution is -2.41. The summed E-state index contributed by atoms with van der Waals surface area (Å²) in [5.41, 5.74) is 6.95. The normalized spacial score (nSPS) is 18.8. The smallest absolute Gasteiger partial charge is 0.105 e. The number of nitrogens with two attached hydrogens (primary N) is 1. The third kappa shape index (κ3) is 2.29. The molecular weight excluding hydrogens is 174 g/mol. The summed E-state index contributed by atoms with van der Waals surface area (Å²) >= 11 is 0. The van der Waals surface area contributed by atoms with Crippen molar-refractivity contribution < 1.29 is 0 Å². The number of hydrogen-bond acceptors (Lipinski definition) is 3. The van der Waals surface area contributed by atoms with E-state index in [-0.39, 0.29) is 0 Å². The van der Waals surface area contributed by atoms with Crippen molar-refractivity contribution in [3.8, 4) is 0 Å².